The van der Waals surface area contributed by atoms with Crippen molar-refractivity contribution in [1.29, 1.82) is 0 Å². The summed E-state index contributed by atoms with van der Waals surface area (Å²) in [6.45, 7) is 7.21. The van der Waals surface area contributed by atoms with Crippen molar-refractivity contribution in [3.8, 4) is 11.4 Å². The van der Waals surface area contributed by atoms with Gasteiger partial charge in [0.1, 0.15) is 0 Å². The number of amides is 2. The number of nitrogens with zero attached hydrogens (tertiary/aromatic N) is 4. The molecule has 1 aromatic heterocycles. The summed E-state index contributed by atoms with van der Waals surface area (Å²) in [5, 5.41) is 12.1. The van der Waals surface area contributed by atoms with Gasteiger partial charge < -0.3 is 14.8 Å². The number of rotatable bonds is 8. The predicted octanol–water partition coefficient (Wildman–Crippen LogP) is 4.00. The Kier molecular flexibility index (Phi) is 7.46. The molecule has 0 unspecified atom stereocenters. The fourth-order valence-corrected chi connectivity index (χ4v) is 3.96. The zero-order valence-corrected chi connectivity index (χ0v) is 19.1. The summed E-state index contributed by atoms with van der Waals surface area (Å²) < 4.78 is 1.89. The molecule has 0 atom stereocenters. The number of nitrogens with one attached hydrogen (secondary N) is 1. The van der Waals surface area contributed by atoms with Crippen LogP contribution in [0.15, 0.2) is 53.7 Å². The minimum Gasteiger partial charge on any atom is -0.339 e. The van der Waals surface area contributed by atoms with Crippen molar-refractivity contribution in [2.45, 2.75) is 25.9 Å². The number of aryl methyl sites for hydroxylation is 1. The first-order valence-corrected chi connectivity index (χ1v) is 11.2. The molecule has 3 rings (SSSR count). The van der Waals surface area contributed by atoms with Gasteiger partial charge in [0.15, 0.2) is 11.0 Å². The molecule has 0 fully saturated rings. The molecule has 0 spiro atoms. The highest BCUT2D eigenvalue weighted by Crippen LogP contribution is 2.25. The standard InChI is InChI=1S/C23H27N5O2S/c1-5-28(6-2)22(30)17-11-9-12-18(14-17)24-20(29)15-31-23-26-25-21(27(23)4)19-13-8-7-10-16(19)3/h7-14H,5-6,15H2,1-4H3,(H,24,29). The van der Waals surface area contributed by atoms with Crippen LogP contribution >= 0.6 is 11.8 Å². The molecule has 0 bridgehead atoms. The van der Waals surface area contributed by atoms with Crippen LogP contribution in [0.25, 0.3) is 11.4 Å². The SMILES string of the molecule is CCN(CC)C(=O)c1cccc(NC(=O)CSc2nnc(-c3ccccc3C)n2C)c1. The number of anilines is 1. The lowest BCUT2D eigenvalue weighted by molar-refractivity contribution is -0.113. The van der Waals surface area contributed by atoms with Gasteiger partial charge >= 0.3 is 0 Å². The van der Waals surface area contributed by atoms with Crippen molar-refractivity contribution in [3.63, 3.8) is 0 Å². The first kappa shape index (κ1) is 22.6. The smallest absolute Gasteiger partial charge is 0.253 e. The van der Waals surface area contributed by atoms with Crippen LogP contribution in [0.4, 0.5) is 5.69 Å². The molecule has 1 N–H and O–H groups in total. The minimum absolute atomic E-state index is 0.0432. The Morgan fingerprint density at radius 3 is 2.52 bits per heavy atom. The number of thioether (sulfide) groups is 1. The normalized spacial score (nSPS) is 10.7. The van der Waals surface area contributed by atoms with E-state index in [0.29, 0.717) is 29.5 Å². The molecule has 0 aliphatic heterocycles. The van der Waals surface area contributed by atoms with Crippen LogP contribution in [0.5, 0.6) is 0 Å². The zero-order chi connectivity index (χ0) is 22.4. The lowest BCUT2D eigenvalue weighted by atomic mass is 10.1. The number of carbonyl (C=O) groups is 2. The molecule has 2 amide bonds. The van der Waals surface area contributed by atoms with Crippen LogP contribution in [-0.2, 0) is 11.8 Å². The third kappa shape index (κ3) is 5.32. The molecule has 31 heavy (non-hydrogen) atoms. The van der Waals surface area contributed by atoms with E-state index in [1.54, 1.807) is 29.2 Å². The molecule has 0 aliphatic rings. The van der Waals surface area contributed by atoms with Gasteiger partial charge in [-0.1, -0.05) is 42.1 Å². The number of hydrogen-bond acceptors (Lipinski definition) is 5. The van der Waals surface area contributed by atoms with E-state index in [4.69, 9.17) is 0 Å². The lowest BCUT2D eigenvalue weighted by Crippen LogP contribution is -2.30. The van der Waals surface area contributed by atoms with Gasteiger partial charge in [-0.2, -0.15) is 0 Å². The predicted molar refractivity (Wildman–Crippen MR) is 124 cm³/mol. The minimum atomic E-state index is -0.169. The van der Waals surface area contributed by atoms with Gasteiger partial charge in [0, 0.05) is 37.0 Å². The largest absolute Gasteiger partial charge is 0.339 e. The van der Waals surface area contributed by atoms with Crippen LogP contribution in [0.1, 0.15) is 29.8 Å². The molecule has 0 saturated carbocycles. The molecular formula is C23H27N5O2S. The van der Waals surface area contributed by atoms with Gasteiger partial charge in [-0.05, 0) is 44.5 Å². The average Bonchev–Trinajstić information content (AvgIpc) is 3.13. The van der Waals surface area contributed by atoms with Crippen LogP contribution < -0.4 is 5.32 Å². The fourth-order valence-electron chi connectivity index (χ4n) is 3.25. The van der Waals surface area contributed by atoms with E-state index in [-0.39, 0.29) is 17.6 Å². The molecule has 1 heterocycles. The van der Waals surface area contributed by atoms with E-state index in [1.165, 1.54) is 11.8 Å². The maximum Gasteiger partial charge on any atom is 0.253 e. The van der Waals surface area contributed by atoms with E-state index in [2.05, 4.69) is 15.5 Å². The Morgan fingerprint density at radius 1 is 1.06 bits per heavy atom. The van der Waals surface area contributed by atoms with Crippen molar-refractivity contribution in [1.82, 2.24) is 19.7 Å². The summed E-state index contributed by atoms with van der Waals surface area (Å²) in [4.78, 5) is 26.7. The van der Waals surface area contributed by atoms with Crippen LogP contribution in [0.3, 0.4) is 0 Å². The van der Waals surface area contributed by atoms with E-state index >= 15 is 0 Å². The maximum absolute atomic E-state index is 12.5. The van der Waals surface area contributed by atoms with E-state index in [9.17, 15) is 9.59 Å². The number of aromatic nitrogens is 3. The van der Waals surface area contributed by atoms with E-state index in [1.807, 2.05) is 56.7 Å². The molecule has 0 aliphatic carbocycles. The highest BCUT2D eigenvalue weighted by atomic mass is 32.2. The molecular weight excluding hydrogens is 410 g/mol. The van der Waals surface area contributed by atoms with Crippen LogP contribution in [0.2, 0.25) is 0 Å². The Hall–Kier alpha value is -3.13. The van der Waals surface area contributed by atoms with Crippen molar-refractivity contribution < 1.29 is 9.59 Å². The lowest BCUT2D eigenvalue weighted by Gasteiger charge is -2.19. The zero-order valence-electron chi connectivity index (χ0n) is 18.3. The van der Waals surface area contributed by atoms with Gasteiger partial charge in [0.2, 0.25) is 5.91 Å². The second-order valence-corrected chi connectivity index (χ2v) is 8.02. The molecule has 0 radical (unpaired) electrons. The highest BCUT2D eigenvalue weighted by Gasteiger charge is 2.16. The van der Waals surface area contributed by atoms with Gasteiger partial charge in [0.05, 0.1) is 5.75 Å². The summed E-state index contributed by atoms with van der Waals surface area (Å²) in [6, 6.07) is 15.0. The highest BCUT2D eigenvalue weighted by molar-refractivity contribution is 7.99. The number of carbonyl (C=O) groups excluding carboxylic acids is 2. The van der Waals surface area contributed by atoms with Crippen molar-refractivity contribution in [2.75, 3.05) is 24.2 Å². The van der Waals surface area contributed by atoms with Crippen LogP contribution in [0, 0.1) is 6.92 Å². The first-order valence-electron chi connectivity index (χ1n) is 10.2. The van der Waals surface area contributed by atoms with Gasteiger partial charge in [0.25, 0.3) is 5.91 Å². The molecule has 8 heteroatoms. The van der Waals surface area contributed by atoms with E-state index in [0.717, 1.165) is 17.0 Å². The Morgan fingerprint density at radius 2 is 1.81 bits per heavy atom. The second-order valence-electron chi connectivity index (χ2n) is 7.08. The summed E-state index contributed by atoms with van der Waals surface area (Å²) >= 11 is 1.32. The molecule has 0 saturated heterocycles. The fraction of sp³-hybridized carbons (Fsp3) is 0.304. The topological polar surface area (TPSA) is 80.1 Å². The summed E-state index contributed by atoms with van der Waals surface area (Å²) in [7, 11) is 1.89. The van der Waals surface area contributed by atoms with Gasteiger partial charge in [-0.25, -0.2) is 0 Å². The Bertz CT molecular complexity index is 1080. The van der Waals surface area contributed by atoms with Gasteiger partial charge in [-0.15, -0.1) is 10.2 Å². The van der Waals surface area contributed by atoms with Gasteiger partial charge in [-0.3, -0.25) is 9.59 Å². The maximum atomic E-state index is 12.5. The van der Waals surface area contributed by atoms with Crippen molar-refractivity contribution in [2.24, 2.45) is 7.05 Å². The summed E-state index contributed by atoms with van der Waals surface area (Å²) in [5.41, 5.74) is 3.29. The molecule has 2 aromatic carbocycles. The molecule has 7 nitrogen and oxygen atoms in total. The number of hydrogen-bond donors (Lipinski definition) is 1. The third-order valence-corrected chi connectivity index (χ3v) is 6.02. The Labute approximate surface area is 186 Å². The van der Waals surface area contributed by atoms with Crippen molar-refractivity contribution >= 4 is 29.3 Å². The summed E-state index contributed by atoms with van der Waals surface area (Å²) in [5.74, 6) is 0.744. The molecule has 162 valence electrons. The number of benzene rings is 2. The second kappa shape index (κ2) is 10.3. The summed E-state index contributed by atoms with van der Waals surface area (Å²) in [6.07, 6.45) is 0. The van der Waals surface area contributed by atoms with E-state index < -0.39 is 0 Å². The first-order chi connectivity index (χ1) is 14.9. The van der Waals surface area contributed by atoms with Crippen LogP contribution in [-0.4, -0.2) is 50.3 Å². The molecule has 3 aromatic rings. The van der Waals surface area contributed by atoms with Crippen molar-refractivity contribution in [3.05, 3.63) is 59.7 Å². The monoisotopic (exact) mass is 437 g/mol. The Balaban J connectivity index is 1.63. The third-order valence-electron chi connectivity index (χ3n) is 5.00. The average molecular weight is 438 g/mol. The quantitative estimate of drug-likeness (QED) is 0.539.